The van der Waals surface area contributed by atoms with Gasteiger partial charge in [-0.3, -0.25) is 0 Å². The molecule has 15 heavy (non-hydrogen) atoms. The maximum absolute atomic E-state index is 6.03. The molecule has 2 rings (SSSR count). The minimum Gasteiger partial charge on any atom is -0.497 e. The highest BCUT2D eigenvalue weighted by molar-refractivity contribution is 9.08. The van der Waals surface area contributed by atoms with Gasteiger partial charge in [-0.25, -0.2) is 4.98 Å². The first kappa shape index (κ1) is 10.7. The van der Waals surface area contributed by atoms with Gasteiger partial charge < -0.3 is 4.74 Å². The van der Waals surface area contributed by atoms with Gasteiger partial charge in [0.05, 0.1) is 7.11 Å². The Labute approximate surface area is 101 Å². The Hall–Kier alpha value is -0.800. The number of pyridine rings is 1. The lowest BCUT2D eigenvalue weighted by molar-refractivity contribution is 0.415. The van der Waals surface area contributed by atoms with Crippen molar-refractivity contribution in [3.05, 3.63) is 35.1 Å². The molecular formula is C11H9BrClNO. The SMILES string of the molecule is COc1ccc2c(CBr)cnc(Cl)c2c1. The van der Waals surface area contributed by atoms with Crippen LogP contribution in [0.5, 0.6) is 5.75 Å². The summed E-state index contributed by atoms with van der Waals surface area (Å²) < 4.78 is 5.15. The topological polar surface area (TPSA) is 22.1 Å². The number of benzene rings is 1. The van der Waals surface area contributed by atoms with Crippen LogP contribution < -0.4 is 4.74 Å². The summed E-state index contributed by atoms with van der Waals surface area (Å²) in [5.74, 6) is 0.790. The van der Waals surface area contributed by atoms with E-state index in [0.717, 1.165) is 27.4 Å². The number of alkyl halides is 1. The van der Waals surface area contributed by atoms with E-state index in [9.17, 15) is 0 Å². The first-order valence-corrected chi connectivity index (χ1v) is 5.93. The number of hydrogen-bond acceptors (Lipinski definition) is 2. The van der Waals surface area contributed by atoms with Gasteiger partial charge in [-0.15, -0.1) is 0 Å². The molecule has 0 aliphatic heterocycles. The van der Waals surface area contributed by atoms with Crippen LogP contribution in [0.4, 0.5) is 0 Å². The molecule has 0 bridgehead atoms. The Bertz CT molecular complexity index is 501. The molecule has 0 aliphatic carbocycles. The van der Waals surface area contributed by atoms with E-state index in [4.69, 9.17) is 16.3 Å². The summed E-state index contributed by atoms with van der Waals surface area (Å²) in [6.45, 7) is 0. The van der Waals surface area contributed by atoms with Gasteiger partial charge in [0.1, 0.15) is 10.9 Å². The van der Waals surface area contributed by atoms with Crippen molar-refractivity contribution in [2.75, 3.05) is 7.11 Å². The quantitative estimate of drug-likeness (QED) is 0.619. The number of nitrogens with zero attached hydrogens (tertiary/aromatic N) is 1. The van der Waals surface area contributed by atoms with Crippen LogP contribution in [0.3, 0.4) is 0 Å². The van der Waals surface area contributed by atoms with Gasteiger partial charge in [-0.1, -0.05) is 33.6 Å². The highest BCUT2D eigenvalue weighted by atomic mass is 79.9. The summed E-state index contributed by atoms with van der Waals surface area (Å²) in [5, 5.41) is 3.30. The molecule has 4 heteroatoms. The number of aromatic nitrogens is 1. The molecule has 0 radical (unpaired) electrons. The molecular weight excluding hydrogens is 277 g/mol. The fourth-order valence-corrected chi connectivity index (χ4v) is 2.13. The lowest BCUT2D eigenvalue weighted by Gasteiger charge is -2.06. The predicted octanol–water partition coefficient (Wildman–Crippen LogP) is 3.79. The van der Waals surface area contributed by atoms with E-state index >= 15 is 0 Å². The van der Waals surface area contributed by atoms with Crippen LogP contribution in [0, 0.1) is 0 Å². The molecule has 1 aromatic carbocycles. The smallest absolute Gasteiger partial charge is 0.136 e. The normalized spacial score (nSPS) is 10.6. The van der Waals surface area contributed by atoms with Crippen LogP contribution in [0.25, 0.3) is 10.8 Å². The summed E-state index contributed by atoms with van der Waals surface area (Å²) in [5.41, 5.74) is 1.12. The molecule has 0 unspecified atom stereocenters. The zero-order valence-electron chi connectivity index (χ0n) is 8.13. The molecule has 0 amide bonds. The number of methoxy groups -OCH3 is 1. The van der Waals surface area contributed by atoms with E-state index in [1.807, 2.05) is 18.2 Å². The van der Waals surface area contributed by atoms with Crippen molar-refractivity contribution >= 4 is 38.3 Å². The van der Waals surface area contributed by atoms with Gasteiger partial charge >= 0.3 is 0 Å². The number of fused-ring (bicyclic) bond motifs is 1. The third kappa shape index (κ3) is 1.94. The number of ether oxygens (including phenoxy) is 1. The average Bonchev–Trinajstić information content (AvgIpc) is 2.29. The number of halogens is 2. The van der Waals surface area contributed by atoms with Gasteiger partial charge in [-0.05, 0) is 23.1 Å². The van der Waals surface area contributed by atoms with Gasteiger partial charge in [0, 0.05) is 16.9 Å². The third-order valence-corrected chi connectivity index (χ3v) is 3.18. The van der Waals surface area contributed by atoms with Gasteiger partial charge in [0.15, 0.2) is 0 Å². The first-order chi connectivity index (χ1) is 7.26. The zero-order chi connectivity index (χ0) is 10.8. The summed E-state index contributed by atoms with van der Waals surface area (Å²) >= 11 is 9.46. The maximum atomic E-state index is 6.03. The van der Waals surface area contributed by atoms with Gasteiger partial charge in [0.25, 0.3) is 0 Å². The zero-order valence-corrected chi connectivity index (χ0v) is 10.5. The maximum Gasteiger partial charge on any atom is 0.136 e. The van der Waals surface area contributed by atoms with E-state index in [0.29, 0.717) is 5.15 Å². The van der Waals surface area contributed by atoms with Crippen LogP contribution in [0.15, 0.2) is 24.4 Å². The van der Waals surface area contributed by atoms with Crippen LogP contribution in [0.1, 0.15) is 5.56 Å². The predicted molar refractivity (Wildman–Crippen MR) is 65.9 cm³/mol. The molecule has 0 spiro atoms. The largest absolute Gasteiger partial charge is 0.497 e. The minimum absolute atomic E-state index is 0.508. The lowest BCUT2D eigenvalue weighted by Crippen LogP contribution is -1.88. The molecule has 2 nitrogen and oxygen atoms in total. The minimum atomic E-state index is 0.508. The van der Waals surface area contributed by atoms with Crippen LogP contribution in [-0.2, 0) is 5.33 Å². The van der Waals surface area contributed by atoms with Crippen molar-refractivity contribution < 1.29 is 4.74 Å². The molecule has 0 aliphatic rings. The monoisotopic (exact) mass is 285 g/mol. The lowest BCUT2D eigenvalue weighted by atomic mass is 10.1. The molecule has 2 aromatic rings. The van der Waals surface area contributed by atoms with E-state index in [2.05, 4.69) is 20.9 Å². The summed E-state index contributed by atoms with van der Waals surface area (Å²) in [6, 6.07) is 5.82. The van der Waals surface area contributed by atoms with Gasteiger partial charge in [-0.2, -0.15) is 0 Å². The third-order valence-electron chi connectivity index (χ3n) is 2.27. The second-order valence-corrected chi connectivity index (χ2v) is 4.04. The first-order valence-electron chi connectivity index (χ1n) is 4.43. The van der Waals surface area contributed by atoms with E-state index < -0.39 is 0 Å². The summed E-state index contributed by atoms with van der Waals surface area (Å²) in [4.78, 5) is 4.13. The Kier molecular flexibility index (Phi) is 3.12. The Morgan fingerprint density at radius 1 is 1.40 bits per heavy atom. The highest BCUT2D eigenvalue weighted by Crippen LogP contribution is 2.29. The van der Waals surface area contributed by atoms with Crippen LogP contribution >= 0.6 is 27.5 Å². The van der Waals surface area contributed by atoms with Crippen molar-refractivity contribution in [3.8, 4) is 5.75 Å². The molecule has 0 N–H and O–H groups in total. The Morgan fingerprint density at radius 2 is 2.20 bits per heavy atom. The number of hydrogen-bond donors (Lipinski definition) is 0. The molecule has 0 saturated carbocycles. The van der Waals surface area contributed by atoms with Gasteiger partial charge in [0.2, 0.25) is 0 Å². The molecule has 1 heterocycles. The van der Waals surface area contributed by atoms with Crippen molar-refractivity contribution in [1.29, 1.82) is 0 Å². The van der Waals surface area contributed by atoms with E-state index in [1.54, 1.807) is 13.3 Å². The van der Waals surface area contributed by atoms with E-state index in [1.165, 1.54) is 0 Å². The van der Waals surface area contributed by atoms with Crippen molar-refractivity contribution in [2.24, 2.45) is 0 Å². The fourth-order valence-electron chi connectivity index (χ4n) is 1.48. The summed E-state index contributed by atoms with van der Waals surface area (Å²) in [7, 11) is 1.64. The second-order valence-electron chi connectivity index (χ2n) is 3.12. The summed E-state index contributed by atoms with van der Waals surface area (Å²) in [6.07, 6.45) is 1.78. The molecule has 0 fully saturated rings. The molecule has 78 valence electrons. The molecule has 0 saturated heterocycles. The van der Waals surface area contributed by atoms with Crippen LogP contribution in [0.2, 0.25) is 5.15 Å². The van der Waals surface area contributed by atoms with Crippen molar-refractivity contribution in [3.63, 3.8) is 0 Å². The van der Waals surface area contributed by atoms with Crippen molar-refractivity contribution in [1.82, 2.24) is 4.98 Å². The second kappa shape index (κ2) is 4.37. The standard InChI is InChI=1S/C11H9BrClNO/c1-15-8-2-3-9-7(5-12)6-14-11(13)10(9)4-8/h2-4,6H,5H2,1H3. The average molecular weight is 287 g/mol. The Balaban J connectivity index is 2.75. The van der Waals surface area contributed by atoms with Crippen LogP contribution in [-0.4, -0.2) is 12.1 Å². The Morgan fingerprint density at radius 3 is 2.87 bits per heavy atom. The fraction of sp³-hybridized carbons (Fsp3) is 0.182. The van der Waals surface area contributed by atoms with E-state index in [-0.39, 0.29) is 0 Å². The molecule has 1 aromatic heterocycles. The number of rotatable bonds is 2. The van der Waals surface area contributed by atoms with Crippen molar-refractivity contribution in [2.45, 2.75) is 5.33 Å². The molecule has 0 atom stereocenters. The highest BCUT2D eigenvalue weighted by Gasteiger charge is 2.06.